The number of aliphatic hydroxyl groups is 2. The summed E-state index contributed by atoms with van der Waals surface area (Å²) in [5, 5.41) is 33.6. The summed E-state index contributed by atoms with van der Waals surface area (Å²) in [7, 11) is -3.18. The lowest BCUT2D eigenvalue weighted by Crippen LogP contribution is -2.21. The fraction of sp³-hybridized carbons (Fsp3) is 0.889. The lowest BCUT2D eigenvalue weighted by molar-refractivity contribution is -0.143. The zero-order chi connectivity index (χ0) is 21.6. The van der Waals surface area contributed by atoms with Crippen LogP contribution in [0.25, 0.3) is 0 Å². The molecule has 29 heavy (non-hydrogen) atoms. The largest absolute Gasteiger partial charge is 0.481 e. The zero-order valence-electron chi connectivity index (χ0n) is 16.2. The predicted octanol–water partition coefficient (Wildman–Crippen LogP) is -0.337. The Balaban J connectivity index is 0.000000156. The molecule has 0 aromatic carbocycles. The molecule has 6 atom stereocenters. The van der Waals surface area contributed by atoms with Gasteiger partial charge in [0.2, 0.25) is 0 Å². The first-order valence-corrected chi connectivity index (χ1v) is 11.7. The Hall–Kier alpha value is -1.27. The number of carboxylic acid groups (broad SMARTS) is 2. The minimum absolute atomic E-state index is 0.135. The van der Waals surface area contributed by atoms with Gasteiger partial charge in [-0.2, -0.15) is 0 Å². The van der Waals surface area contributed by atoms with Crippen LogP contribution >= 0.6 is 0 Å². The van der Waals surface area contributed by atoms with Crippen molar-refractivity contribution in [1.82, 2.24) is 0 Å². The molecule has 11 heteroatoms. The number of carboxylic acids is 2. The third-order valence-electron chi connectivity index (χ3n) is 5.51. The van der Waals surface area contributed by atoms with Gasteiger partial charge in [-0.1, -0.05) is 0 Å². The van der Waals surface area contributed by atoms with Gasteiger partial charge in [-0.05, 0) is 38.5 Å². The molecule has 4 fully saturated rings. The topological polar surface area (TPSA) is 174 Å². The summed E-state index contributed by atoms with van der Waals surface area (Å²) < 4.78 is 31.4. The Morgan fingerprint density at radius 3 is 1.38 bits per heavy atom. The molecule has 0 amide bonds. The first kappa shape index (κ1) is 24.0. The van der Waals surface area contributed by atoms with E-state index in [0.717, 1.165) is 38.5 Å². The average molecular weight is 438 g/mol. The Kier molecular flexibility index (Phi) is 8.83. The van der Waals surface area contributed by atoms with Crippen LogP contribution in [0.2, 0.25) is 0 Å². The summed E-state index contributed by atoms with van der Waals surface area (Å²) in [6.07, 6.45) is 6.37. The van der Waals surface area contributed by atoms with Crippen LogP contribution in [0.1, 0.15) is 38.5 Å². The number of sulfone groups is 1. The van der Waals surface area contributed by atoms with Gasteiger partial charge in [-0.3, -0.25) is 9.59 Å². The van der Waals surface area contributed by atoms with E-state index in [1.54, 1.807) is 0 Å². The first-order valence-electron chi connectivity index (χ1n) is 9.85. The summed E-state index contributed by atoms with van der Waals surface area (Å²) in [5.41, 5.74) is 0. The maximum absolute atomic E-state index is 10.5. The molecule has 4 N–H and O–H groups in total. The lowest BCUT2D eigenvalue weighted by Gasteiger charge is -2.12. The first-order chi connectivity index (χ1) is 13.7. The SMILES string of the molecule is O=C(O)C1CCC2OC2C1.O=C(O)C1CCC2OC2C1.O=S(=O)(CCO)CCO. The predicted molar refractivity (Wildman–Crippen MR) is 100 cm³/mol. The Morgan fingerprint density at radius 2 is 1.10 bits per heavy atom. The van der Waals surface area contributed by atoms with E-state index in [-0.39, 0.29) is 48.8 Å². The van der Waals surface area contributed by atoms with E-state index in [1.807, 2.05) is 0 Å². The maximum Gasteiger partial charge on any atom is 0.306 e. The number of ether oxygens (including phenoxy) is 2. The Morgan fingerprint density at radius 1 is 0.724 bits per heavy atom. The number of aliphatic carboxylic acids is 2. The molecule has 0 aromatic heterocycles. The molecule has 2 saturated heterocycles. The molecule has 2 aliphatic heterocycles. The number of carbonyl (C=O) groups is 2. The summed E-state index contributed by atoms with van der Waals surface area (Å²) in [6, 6.07) is 0. The van der Waals surface area contributed by atoms with Gasteiger partial charge < -0.3 is 29.9 Å². The van der Waals surface area contributed by atoms with Crippen molar-refractivity contribution in [1.29, 1.82) is 0 Å². The highest BCUT2D eigenvalue weighted by Gasteiger charge is 2.46. The second-order valence-electron chi connectivity index (χ2n) is 7.72. The smallest absolute Gasteiger partial charge is 0.306 e. The number of rotatable bonds is 6. The van der Waals surface area contributed by atoms with Crippen molar-refractivity contribution in [3.05, 3.63) is 0 Å². The van der Waals surface area contributed by atoms with E-state index in [0.29, 0.717) is 12.2 Å². The Labute approximate surface area is 169 Å². The fourth-order valence-electron chi connectivity index (χ4n) is 3.64. The number of fused-ring (bicyclic) bond motifs is 2. The number of hydrogen-bond acceptors (Lipinski definition) is 8. The molecule has 4 rings (SSSR count). The highest BCUT2D eigenvalue weighted by molar-refractivity contribution is 7.91. The summed E-state index contributed by atoms with van der Waals surface area (Å²) in [6.45, 7) is -0.745. The van der Waals surface area contributed by atoms with Gasteiger partial charge in [0.1, 0.15) is 0 Å². The molecule has 2 aliphatic carbocycles. The number of aliphatic hydroxyl groups excluding tert-OH is 2. The molecule has 6 unspecified atom stereocenters. The van der Waals surface area contributed by atoms with Crippen molar-refractivity contribution >= 4 is 21.8 Å². The van der Waals surface area contributed by atoms with Crippen molar-refractivity contribution in [2.75, 3.05) is 24.7 Å². The quantitative estimate of drug-likeness (QED) is 0.402. The molecular weight excluding hydrogens is 408 g/mol. The monoisotopic (exact) mass is 438 g/mol. The van der Waals surface area contributed by atoms with Crippen LogP contribution in [0, 0.1) is 11.8 Å². The number of epoxide rings is 2. The van der Waals surface area contributed by atoms with Crippen molar-refractivity contribution in [2.45, 2.75) is 62.9 Å². The molecule has 168 valence electrons. The number of hydrogen-bond donors (Lipinski definition) is 4. The molecule has 0 bridgehead atoms. The zero-order valence-corrected chi connectivity index (χ0v) is 17.0. The standard InChI is InChI=1S/2C7H10O3.C4H10O4S/c2*8-7(9)4-1-2-5-6(3-4)10-5;5-1-3-9(7,8)4-2-6/h2*4-6H,1-3H2,(H,8,9);5-6H,1-4H2. The van der Waals surface area contributed by atoms with Gasteiger partial charge >= 0.3 is 11.9 Å². The third kappa shape index (κ3) is 8.17. The van der Waals surface area contributed by atoms with E-state index in [2.05, 4.69) is 0 Å². The third-order valence-corrected chi connectivity index (χ3v) is 7.12. The van der Waals surface area contributed by atoms with Crippen LogP contribution in [0.4, 0.5) is 0 Å². The highest BCUT2D eigenvalue weighted by Crippen LogP contribution is 2.40. The van der Waals surface area contributed by atoms with Crippen molar-refractivity contribution in [3.8, 4) is 0 Å². The van der Waals surface area contributed by atoms with Crippen LogP contribution in [0.15, 0.2) is 0 Å². The maximum atomic E-state index is 10.5. The normalized spacial score (nSPS) is 34.1. The van der Waals surface area contributed by atoms with Crippen LogP contribution in [-0.2, 0) is 28.9 Å². The van der Waals surface area contributed by atoms with Crippen molar-refractivity contribution in [3.63, 3.8) is 0 Å². The van der Waals surface area contributed by atoms with Crippen molar-refractivity contribution in [2.24, 2.45) is 11.8 Å². The fourth-order valence-corrected chi connectivity index (χ4v) is 4.40. The molecule has 0 radical (unpaired) electrons. The molecule has 0 aromatic rings. The van der Waals surface area contributed by atoms with Gasteiger partial charge in [-0.25, -0.2) is 8.42 Å². The average Bonchev–Trinajstić information content (AvgIpc) is 3.55. The Bertz CT molecular complexity index is 614. The molecule has 10 nitrogen and oxygen atoms in total. The second-order valence-corrected chi connectivity index (χ2v) is 10.0. The summed E-state index contributed by atoms with van der Waals surface area (Å²) in [5.74, 6) is -2.10. The molecule has 2 saturated carbocycles. The van der Waals surface area contributed by atoms with Crippen LogP contribution in [0.3, 0.4) is 0 Å². The van der Waals surface area contributed by atoms with E-state index in [4.69, 9.17) is 29.9 Å². The van der Waals surface area contributed by atoms with E-state index >= 15 is 0 Å². The van der Waals surface area contributed by atoms with Gasteiger partial charge in [0.05, 0.1) is 61.0 Å². The van der Waals surface area contributed by atoms with Gasteiger partial charge in [0, 0.05) is 0 Å². The van der Waals surface area contributed by atoms with E-state index in [1.165, 1.54) is 0 Å². The van der Waals surface area contributed by atoms with Gasteiger partial charge in [0.15, 0.2) is 9.84 Å². The van der Waals surface area contributed by atoms with Gasteiger partial charge in [-0.15, -0.1) is 0 Å². The minimum Gasteiger partial charge on any atom is -0.481 e. The highest BCUT2D eigenvalue weighted by atomic mass is 32.2. The molecular formula is C18H30O10S. The van der Waals surface area contributed by atoms with Gasteiger partial charge in [0.25, 0.3) is 0 Å². The molecule has 4 aliphatic rings. The molecule has 0 spiro atoms. The van der Waals surface area contributed by atoms with Crippen LogP contribution < -0.4 is 0 Å². The van der Waals surface area contributed by atoms with E-state index < -0.39 is 21.8 Å². The summed E-state index contributed by atoms with van der Waals surface area (Å²) in [4.78, 5) is 20.9. The van der Waals surface area contributed by atoms with Crippen LogP contribution in [0.5, 0.6) is 0 Å². The molecule has 2 heterocycles. The second kappa shape index (κ2) is 10.7. The van der Waals surface area contributed by atoms with Crippen LogP contribution in [-0.4, -0.2) is 89.9 Å². The van der Waals surface area contributed by atoms with Crippen molar-refractivity contribution < 1.29 is 47.9 Å². The summed E-state index contributed by atoms with van der Waals surface area (Å²) >= 11 is 0. The minimum atomic E-state index is -3.18. The van der Waals surface area contributed by atoms with E-state index in [9.17, 15) is 18.0 Å². The lowest BCUT2D eigenvalue weighted by atomic mass is 9.90.